The second-order valence-electron chi connectivity index (χ2n) is 4.86. The molecule has 0 bridgehead atoms. The molecule has 0 saturated carbocycles. The molecular formula is C13H15IN2O2. The molecule has 5 heteroatoms. The predicted octanol–water partition coefficient (Wildman–Crippen LogP) is 1.92. The van der Waals surface area contributed by atoms with Gasteiger partial charge >= 0.3 is 0 Å². The van der Waals surface area contributed by atoms with E-state index >= 15 is 0 Å². The maximum Gasteiger partial charge on any atom is 0.252 e. The quantitative estimate of drug-likeness (QED) is 0.780. The number of benzene rings is 1. The van der Waals surface area contributed by atoms with Crippen molar-refractivity contribution in [3.8, 4) is 0 Å². The summed E-state index contributed by atoms with van der Waals surface area (Å²) in [6, 6.07) is 7.73. The number of nitrogens with one attached hydrogen (secondary N) is 1. The smallest absolute Gasteiger partial charge is 0.252 e. The van der Waals surface area contributed by atoms with E-state index in [9.17, 15) is 9.59 Å². The predicted molar refractivity (Wildman–Crippen MR) is 78.4 cm³/mol. The van der Waals surface area contributed by atoms with Crippen LogP contribution >= 0.6 is 22.6 Å². The second kappa shape index (κ2) is 4.87. The van der Waals surface area contributed by atoms with Gasteiger partial charge in [-0.2, -0.15) is 0 Å². The third-order valence-corrected chi connectivity index (χ3v) is 3.65. The molecule has 1 aromatic carbocycles. The standard InChI is InChI=1S/C13H15IN2O2/c1-13(2)12(18)16(8-7-11(17)15-13)10-5-3-9(14)4-6-10/h3-6H,7-8H2,1-2H3,(H,15,17). The fraction of sp³-hybridized carbons (Fsp3) is 0.385. The summed E-state index contributed by atoms with van der Waals surface area (Å²) < 4.78 is 1.12. The van der Waals surface area contributed by atoms with Gasteiger partial charge in [0.05, 0.1) is 0 Å². The highest BCUT2D eigenvalue weighted by Crippen LogP contribution is 2.22. The monoisotopic (exact) mass is 358 g/mol. The SMILES string of the molecule is CC1(C)NC(=O)CCN(c2ccc(I)cc2)C1=O. The number of nitrogens with zero attached hydrogens (tertiary/aromatic N) is 1. The van der Waals surface area contributed by atoms with Gasteiger partial charge in [0.2, 0.25) is 5.91 Å². The summed E-state index contributed by atoms with van der Waals surface area (Å²) in [6.45, 7) is 3.89. The van der Waals surface area contributed by atoms with Crippen LogP contribution in [0.5, 0.6) is 0 Å². The molecule has 1 saturated heterocycles. The van der Waals surface area contributed by atoms with Gasteiger partial charge in [-0.3, -0.25) is 9.59 Å². The average molecular weight is 358 g/mol. The molecule has 0 spiro atoms. The van der Waals surface area contributed by atoms with Gasteiger partial charge in [0.1, 0.15) is 5.54 Å². The van der Waals surface area contributed by atoms with Gasteiger partial charge in [-0.15, -0.1) is 0 Å². The minimum absolute atomic E-state index is 0.0745. The van der Waals surface area contributed by atoms with Crippen LogP contribution in [0.15, 0.2) is 24.3 Å². The Morgan fingerprint density at radius 3 is 2.44 bits per heavy atom. The van der Waals surface area contributed by atoms with Crippen molar-refractivity contribution in [1.82, 2.24) is 5.32 Å². The first-order valence-electron chi connectivity index (χ1n) is 5.79. The lowest BCUT2D eigenvalue weighted by Crippen LogP contribution is -2.53. The molecule has 96 valence electrons. The Balaban J connectivity index is 2.34. The molecule has 0 radical (unpaired) electrons. The molecule has 1 heterocycles. The Kier molecular flexibility index (Phi) is 3.61. The summed E-state index contributed by atoms with van der Waals surface area (Å²) in [5, 5.41) is 2.75. The minimum Gasteiger partial charge on any atom is -0.342 e. The number of carbonyl (C=O) groups is 2. The summed E-state index contributed by atoms with van der Waals surface area (Å²) in [7, 11) is 0. The molecule has 2 amide bonds. The van der Waals surface area contributed by atoms with E-state index in [0.717, 1.165) is 9.26 Å². The van der Waals surface area contributed by atoms with Gasteiger partial charge in [-0.05, 0) is 60.7 Å². The number of carbonyl (C=O) groups excluding carboxylic acids is 2. The summed E-state index contributed by atoms with van der Waals surface area (Å²) in [5.74, 6) is -0.157. The summed E-state index contributed by atoms with van der Waals surface area (Å²) in [5.41, 5.74) is -0.0127. The maximum absolute atomic E-state index is 12.4. The Morgan fingerprint density at radius 2 is 1.83 bits per heavy atom. The zero-order chi connectivity index (χ0) is 13.3. The van der Waals surface area contributed by atoms with Crippen LogP contribution in [-0.4, -0.2) is 23.9 Å². The van der Waals surface area contributed by atoms with E-state index in [2.05, 4.69) is 27.9 Å². The molecule has 1 aliphatic rings. The summed E-state index contributed by atoms with van der Waals surface area (Å²) in [6.07, 6.45) is 0.334. The maximum atomic E-state index is 12.4. The van der Waals surface area contributed by atoms with Crippen LogP contribution in [0.3, 0.4) is 0 Å². The van der Waals surface area contributed by atoms with Crippen LogP contribution in [0.4, 0.5) is 5.69 Å². The number of rotatable bonds is 1. The van der Waals surface area contributed by atoms with E-state index in [1.54, 1.807) is 18.7 Å². The lowest BCUT2D eigenvalue weighted by atomic mass is 10.0. The minimum atomic E-state index is -0.851. The second-order valence-corrected chi connectivity index (χ2v) is 6.10. The molecule has 0 aliphatic carbocycles. The van der Waals surface area contributed by atoms with Crippen molar-refractivity contribution < 1.29 is 9.59 Å². The number of amides is 2. The molecule has 18 heavy (non-hydrogen) atoms. The van der Waals surface area contributed by atoms with E-state index in [1.165, 1.54) is 0 Å². The van der Waals surface area contributed by atoms with Crippen LogP contribution in [0.2, 0.25) is 0 Å². The third kappa shape index (κ3) is 2.66. The van der Waals surface area contributed by atoms with Crippen LogP contribution in [-0.2, 0) is 9.59 Å². The Morgan fingerprint density at radius 1 is 1.22 bits per heavy atom. The van der Waals surface area contributed by atoms with Gasteiger partial charge in [0, 0.05) is 22.2 Å². The molecular weight excluding hydrogens is 343 g/mol. The fourth-order valence-corrected chi connectivity index (χ4v) is 2.34. The molecule has 2 rings (SSSR count). The highest BCUT2D eigenvalue weighted by atomic mass is 127. The number of halogens is 1. The van der Waals surface area contributed by atoms with Crippen molar-refractivity contribution in [3.63, 3.8) is 0 Å². The Bertz CT molecular complexity index is 482. The largest absolute Gasteiger partial charge is 0.342 e. The van der Waals surface area contributed by atoms with E-state index in [4.69, 9.17) is 0 Å². The van der Waals surface area contributed by atoms with Gasteiger partial charge in [-0.1, -0.05) is 0 Å². The molecule has 1 aromatic rings. The normalized spacial score (nSPS) is 19.4. The molecule has 0 atom stereocenters. The zero-order valence-corrected chi connectivity index (χ0v) is 12.5. The van der Waals surface area contributed by atoms with Crippen molar-refractivity contribution in [2.24, 2.45) is 0 Å². The van der Waals surface area contributed by atoms with E-state index in [1.807, 2.05) is 24.3 Å². The van der Waals surface area contributed by atoms with Crippen molar-refractivity contribution in [2.75, 3.05) is 11.4 Å². The molecule has 4 nitrogen and oxygen atoms in total. The molecule has 1 fully saturated rings. The fourth-order valence-electron chi connectivity index (χ4n) is 1.98. The highest BCUT2D eigenvalue weighted by Gasteiger charge is 2.36. The van der Waals surface area contributed by atoms with Gasteiger partial charge in [0.15, 0.2) is 0 Å². The van der Waals surface area contributed by atoms with Crippen LogP contribution < -0.4 is 10.2 Å². The number of hydrogen-bond donors (Lipinski definition) is 1. The van der Waals surface area contributed by atoms with E-state index in [0.29, 0.717) is 13.0 Å². The first-order valence-corrected chi connectivity index (χ1v) is 6.86. The Hall–Kier alpha value is -1.11. The topological polar surface area (TPSA) is 49.4 Å². The van der Waals surface area contributed by atoms with Gasteiger partial charge in [-0.25, -0.2) is 0 Å². The zero-order valence-electron chi connectivity index (χ0n) is 10.4. The Labute approximate surface area is 120 Å². The third-order valence-electron chi connectivity index (χ3n) is 2.93. The first kappa shape index (κ1) is 13.3. The van der Waals surface area contributed by atoms with Crippen LogP contribution in [0.1, 0.15) is 20.3 Å². The molecule has 1 aliphatic heterocycles. The van der Waals surface area contributed by atoms with Crippen molar-refractivity contribution in [3.05, 3.63) is 27.8 Å². The molecule has 0 aromatic heterocycles. The van der Waals surface area contributed by atoms with Crippen LogP contribution in [0, 0.1) is 3.57 Å². The summed E-state index contributed by atoms with van der Waals surface area (Å²) in [4.78, 5) is 25.7. The van der Waals surface area contributed by atoms with Gasteiger partial charge < -0.3 is 10.2 Å². The number of hydrogen-bond acceptors (Lipinski definition) is 2. The lowest BCUT2D eigenvalue weighted by Gasteiger charge is -2.28. The summed E-state index contributed by atoms with van der Waals surface area (Å²) >= 11 is 2.22. The van der Waals surface area contributed by atoms with Crippen molar-refractivity contribution >= 4 is 40.1 Å². The van der Waals surface area contributed by atoms with E-state index in [-0.39, 0.29) is 11.8 Å². The van der Waals surface area contributed by atoms with Crippen LogP contribution in [0.25, 0.3) is 0 Å². The molecule has 1 N–H and O–H groups in total. The first-order chi connectivity index (χ1) is 8.40. The van der Waals surface area contributed by atoms with Crippen molar-refractivity contribution in [2.45, 2.75) is 25.8 Å². The van der Waals surface area contributed by atoms with Gasteiger partial charge in [0.25, 0.3) is 5.91 Å². The van der Waals surface area contributed by atoms with E-state index < -0.39 is 5.54 Å². The number of anilines is 1. The molecule has 0 unspecified atom stereocenters. The van der Waals surface area contributed by atoms with Crippen molar-refractivity contribution in [1.29, 1.82) is 0 Å². The highest BCUT2D eigenvalue weighted by molar-refractivity contribution is 14.1. The lowest BCUT2D eigenvalue weighted by molar-refractivity contribution is -0.128. The average Bonchev–Trinajstić information content (AvgIpc) is 2.39.